The van der Waals surface area contributed by atoms with E-state index in [9.17, 15) is 4.79 Å². The topological polar surface area (TPSA) is 42.0 Å². The van der Waals surface area contributed by atoms with Gasteiger partial charge < -0.3 is 5.32 Å². The number of halogens is 1. The number of hydrogen-bond acceptors (Lipinski definition) is 3. The molecule has 5 heteroatoms. The van der Waals surface area contributed by atoms with E-state index in [4.69, 9.17) is 11.6 Å². The van der Waals surface area contributed by atoms with Gasteiger partial charge in [0.1, 0.15) is 5.03 Å². The molecule has 0 radical (unpaired) electrons. The number of benzene rings is 1. The van der Waals surface area contributed by atoms with Gasteiger partial charge in [0.2, 0.25) is 0 Å². The fourth-order valence-corrected chi connectivity index (χ4v) is 2.58. The average molecular weight is 307 g/mol. The van der Waals surface area contributed by atoms with Crippen molar-refractivity contribution < 1.29 is 4.79 Å². The standard InChI is InChI=1S/C15H15ClN2OS/c1-2-10-20-15-13(4-3-9-17-15)14(19)18-12-7-5-11(16)6-8-12/h3-9H,2,10H2,1H3,(H,18,19). The zero-order chi connectivity index (χ0) is 14.4. The molecule has 1 heterocycles. The van der Waals surface area contributed by atoms with Crippen LogP contribution in [0.1, 0.15) is 23.7 Å². The number of rotatable bonds is 5. The molecular formula is C15H15ClN2OS. The summed E-state index contributed by atoms with van der Waals surface area (Å²) in [5.74, 6) is 0.789. The van der Waals surface area contributed by atoms with Gasteiger partial charge in [-0.2, -0.15) is 0 Å². The highest BCUT2D eigenvalue weighted by atomic mass is 35.5. The molecule has 0 aliphatic rings. The summed E-state index contributed by atoms with van der Waals surface area (Å²) >= 11 is 7.42. The first-order valence-corrected chi connectivity index (χ1v) is 7.72. The van der Waals surface area contributed by atoms with Gasteiger partial charge in [-0.05, 0) is 48.6 Å². The Kier molecular flexibility index (Phi) is 5.44. The molecule has 0 fully saturated rings. The highest BCUT2D eigenvalue weighted by Gasteiger charge is 2.12. The van der Waals surface area contributed by atoms with E-state index in [2.05, 4.69) is 17.2 Å². The van der Waals surface area contributed by atoms with Crippen molar-refractivity contribution >= 4 is 35.0 Å². The highest BCUT2D eigenvalue weighted by molar-refractivity contribution is 7.99. The number of aromatic nitrogens is 1. The normalized spacial score (nSPS) is 10.3. The third-order valence-corrected chi connectivity index (χ3v) is 4.02. The average Bonchev–Trinajstić information content (AvgIpc) is 2.47. The summed E-state index contributed by atoms with van der Waals surface area (Å²) < 4.78 is 0. The molecule has 0 saturated heterocycles. The Bertz CT molecular complexity index is 587. The van der Waals surface area contributed by atoms with Gasteiger partial charge >= 0.3 is 0 Å². The van der Waals surface area contributed by atoms with Gasteiger partial charge in [-0.1, -0.05) is 18.5 Å². The first kappa shape index (κ1) is 14.9. The fourth-order valence-electron chi connectivity index (χ4n) is 1.61. The van der Waals surface area contributed by atoms with E-state index in [1.807, 2.05) is 0 Å². The van der Waals surface area contributed by atoms with Crippen LogP contribution in [0.15, 0.2) is 47.6 Å². The van der Waals surface area contributed by atoms with E-state index in [0.29, 0.717) is 10.6 Å². The zero-order valence-electron chi connectivity index (χ0n) is 11.1. The van der Waals surface area contributed by atoms with Crippen molar-refractivity contribution in [2.75, 3.05) is 11.1 Å². The molecule has 0 unspecified atom stereocenters. The van der Waals surface area contributed by atoms with Crippen LogP contribution in [0.5, 0.6) is 0 Å². The lowest BCUT2D eigenvalue weighted by Crippen LogP contribution is -2.13. The second-order valence-corrected chi connectivity index (χ2v) is 5.69. The van der Waals surface area contributed by atoms with Crippen molar-refractivity contribution in [3.8, 4) is 0 Å². The second kappa shape index (κ2) is 7.31. The molecule has 1 aromatic carbocycles. The Morgan fingerprint density at radius 2 is 2.05 bits per heavy atom. The van der Waals surface area contributed by atoms with Crippen molar-refractivity contribution in [2.24, 2.45) is 0 Å². The number of hydrogen-bond donors (Lipinski definition) is 1. The van der Waals surface area contributed by atoms with Gasteiger partial charge in [0.05, 0.1) is 5.56 Å². The molecule has 0 saturated carbocycles. The Balaban J connectivity index is 2.14. The summed E-state index contributed by atoms with van der Waals surface area (Å²) in [6.07, 6.45) is 2.75. The summed E-state index contributed by atoms with van der Waals surface area (Å²) in [6, 6.07) is 10.6. The van der Waals surface area contributed by atoms with Gasteiger partial charge in [0, 0.05) is 16.9 Å². The van der Waals surface area contributed by atoms with Gasteiger partial charge in [0.15, 0.2) is 0 Å². The van der Waals surface area contributed by atoms with E-state index < -0.39 is 0 Å². The number of nitrogens with zero attached hydrogens (tertiary/aromatic N) is 1. The third-order valence-electron chi connectivity index (χ3n) is 2.56. The minimum Gasteiger partial charge on any atom is -0.322 e. The number of carbonyl (C=O) groups is 1. The van der Waals surface area contributed by atoms with Crippen LogP contribution in [0.25, 0.3) is 0 Å². The molecule has 0 aliphatic carbocycles. The lowest BCUT2D eigenvalue weighted by atomic mass is 10.2. The number of nitrogens with one attached hydrogen (secondary N) is 1. The molecule has 1 N–H and O–H groups in total. The van der Waals surface area contributed by atoms with Gasteiger partial charge in [-0.25, -0.2) is 4.98 Å². The zero-order valence-corrected chi connectivity index (χ0v) is 12.7. The second-order valence-electron chi connectivity index (χ2n) is 4.17. The summed E-state index contributed by atoms with van der Waals surface area (Å²) in [4.78, 5) is 16.6. The first-order valence-electron chi connectivity index (χ1n) is 6.35. The molecule has 104 valence electrons. The summed E-state index contributed by atoms with van der Waals surface area (Å²) in [5.41, 5.74) is 1.32. The van der Waals surface area contributed by atoms with Crippen LogP contribution in [0, 0.1) is 0 Å². The highest BCUT2D eigenvalue weighted by Crippen LogP contribution is 2.22. The van der Waals surface area contributed by atoms with E-state index in [1.165, 1.54) is 0 Å². The summed E-state index contributed by atoms with van der Waals surface area (Å²) in [7, 11) is 0. The van der Waals surface area contributed by atoms with Crippen LogP contribution in [-0.4, -0.2) is 16.6 Å². The van der Waals surface area contributed by atoms with Crippen LogP contribution in [-0.2, 0) is 0 Å². The maximum absolute atomic E-state index is 12.3. The minimum absolute atomic E-state index is 0.154. The molecule has 0 atom stereocenters. The predicted molar refractivity (Wildman–Crippen MR) is 84.7 cm³/mol. The van der Waals surface area contributed by atoms with E-state index in [1.54, 1.807) is 54.4 Å². The van der Waals surface area contributed by atoms with Crippen molar-refractivity contribution in [2.45, 2.75) is 18.4 Å². The number of thioether (sulfide) groups is 1. The van der Waals surface area contributed by atoms with Crippen LogP contribution in [0.2, 0.25) is 5.02 Å². The predicted octanol–water partition coefficient (Wildman–Crippen LogP) is 4.49. The fraction of sp³-hybridized carbons (Fsp3) is 0.200. The Morgan fingerprint density at radius 3 is 2.75 bits per heavy atom. The number of anilines is 1. The summed E-state index contributed by atoms with van der Waals surface area (Å²) in [6.45, 7) is 2.10. The van der Waals surface area contributed by atoms with E-state index in [-0.39, 0.29) is 5.91 Å². The Labute approximate surface area is 127 Å². The Hall–Kier alpha value is -1.52. The van der Waals surface area contributed by atoms with Crippen LogP contribution >= 0.6 is 23.4 Å². The maximum atomic E-state index is 12.3. The molecule has 2 rings (SSSR count). The Morgan fingerprint density at radius 1 is 1.30 bits per heavy atom. The maximum Gasteiger partial charge on any atom is 0.258 e. The van der Waals surface area contributed by atoms with Crippen molar-refractivity contribution in [1.29, 1.82) is 0 Å². The van der Waals surface area contributed by atoms with Gasteiger partial charge in [-0.3, -0.25) is 4.79 Å². The lowest BCUT2D eigenvalue weighted by Gasteiger charge is -2.08. The van der Waals surface area contributed by atoms with Crippen LogP contribution < -0.4 is 5.32 Å². The number of pyridine rings is 1. The van der Waals surface area contributed by atoms with Crippen LogP contribution in [0.4, 0.5) is 5.69 Å². The quantitative estimate of drug-likeness (QED) is 0.828. The molecular weight excluding hydrogens is 292 g/mol. The smallest absolute Gasteiger partial charge is 0.258 e. The van der Waals surface area contributed by atoms with Gasteiger partial charge in [-0.15, -0.1) is 11.8 Å². The molecule has 1 amide bonds. The SMILES string of the molecule is CCCSc1ncccc1C(=O)Nc1ccc(Cl)cc1. The van der Waals surface area contributed by atoms with Gasteiger partial charge in [0.25, 0.3) is 5.91 Å². The van der Waals surface area contributed by atoms with Crippen molar-refractivity contribution in [1.82, 2.24) is 4.98 Å². The van der Waals surface area contributed by atoms with E-state index in [0.717, 1.165) is 22.9 Å². The van der Waals surface area contributed by atoms with Crippen LogP contribution in [0.3, 0.4) is 0 Å². The molecule has 20 heavy (non-hydrogen) atoms. The van der Waals surface area contributed by atoms with E-state index >= 15 is 0 Å². The molecule has 3 nitrogen and oxygen atoms in total. The lowest BCUT2D eigenvalue weighted by molar-refractivity contribution is 0.102. The largest absolute Gasteiger partial charge is 0.322 e. The van der Waals surface area contributed by atoms with Crippen molar-refractivity contribution in [3.05, 3.63) is 53.2 Å². The summed E-state index contributed by atoms with van der Waals surface area (Å²) in [5, 5.41) is 4.26. The molecule has 1 aromatic heterocycles. The number of carbonyl (C=O) groups excluding carboxylic acids is 1. The first-order chi connectivity index (χ1) is 9.70. The molecule has 0 spiro atoms. The molecule has 2 aromatic rings. The van der Waals surface area contributed by atoms with Crippen molar-refractivity contribution in [3.63, 3.8) is 0 Å². The number of amides is 1. The molecule has 0 aliphatic heterocycles. The third kappa shape index (κ3) is 3.99. The molecule has 0 bridgehead atoms. The minimum atomic E-state index is -0.154. The monoisotopic (exact) mass is 306 g/mol.